The molecule has 3 saturated heterocycles. The first-order valence-electron chi connectivity index (χ1n) is 17.7. The van der Waals surface area contributed by atoms with Crippen LogP contribution < -0.4 is 5.32 Å². The van der Waals surface area contributed by atoms with Crippen LogP contribution in [0.25, 0.3) is 0 Å². The molecule has 3 fully saturated rings. The molecule has 4 rings (SSSR count). The minimum Gasteiger partial charge on any atom is -0.455 e. The Hall–Kier alpha value is -3.02. The van der Waals surface area contributed by atoms with Crippen LogP contribution in [0.15, 0.2) is 55.6 Å². The van der Waals surface area contributed by atoms with E-state index in [9.17, 15) is 19.5 Å². The highest BCUT2D eigenvalue weighted by Gasteiger charge is 2.78. The molecule has 10 nitrogen and oxygen atoms in total. The summed E-state index contributed by atoms with van der Waals surface area (Å²) in [6, 6.07) is 7.36. The summed E-state index contributed by atoms with van der Waals surface area (Å²) in [5.41, 5.74) is -1.38. The molecule has 1 spiro atoms. The van der Waals surface area contributed by atoms with E-state index < -0.39 is 59.1 Å². The number of carbonyl (C=O) groups excluding carboxylic acids is 4. The SMILES string of the molecule is C=CCCC(=O)NC[C@@H](OC(=O)[C@H]1[C@@H]2O[C@@]3(CC2Br)[C@@H]1C(=O)N([C@@H](CO)C(C)C)[C@@H]3C(=O)N(CC=C)C(C)(C)CC(C)(C)C)c1ccccc1. The van der Waals surface area contributed by atoms with Crippen LogP contribution in [0.1, 0.15) is 85.8 Å². The van der Waals surface area contributed by atoms with Gasteiger partial charge in [0.15, 0.2) is 0 Å². The number of alkyl halides is 1. The average Bonchev–Trinajstić information content (AvgIpc) is 3.63. The third-order valence-corrected chi connectivity index (χ3v) is 11.2. The van der Waals surface area contributed by atoms with E-state index in [4.69, 9.17) is 9.47 Å². The number of likely N-dealkylation sites (tertiary alicyclic amines) is 1. The Balaban J connectivity index is 1.76. The van der Waals surface area contributed by atoms with E-state index in [-0.39, 0.29) is 54.1 Å². The Morgan fingerprint density at radius 1 is 1.16 bits per heavy atom. The molecule has 3 amide bonds. The van der Waals surface area contributed by atoms with Crippen molar-refractivity contribution in [1.29, 1.82) is 0 Å². The second kappa shape index (κ2) is 15.7. The fraction of sp³-hybridized carbons (Fsp3) is 0.641. The molecular formula is C39H56BrN3O7. The zero-order chi connectivity index (χ0) is 37.2. The van der Waals surface area contributed by atoms with E-state index in [2.05, 4.69) is 55.2 Å². The van der Waals surface area contributed by atoms with Crippen LogP contribution in [-0.4, -0.2) is 92.4 Å². The van der Waals surface area contributed by atoms with Crippen molar-refractivity contribution in [2.45, 2.75) is 114 Å². The number of benzene rings is 1. The van der Waals surface area contributed by atoms with Crippen LogP contribution in [0.5, 0.6) is 0 Å². The highest BCUT2D eigenvalue weighted by atomic mass is 79.9. The van der Waals surface area contributed by atoms with Crippen molar-refractivity contribution in [2.75, 3.05) is 19.7 Å². The van der Waals surface area contributed by atoms with Gasteiger partial charge in [0, 0.05) is 23.3 Å². The number of halogens is 1. The second-order valence-electron chi connectivity index (χ2n) is 16.2. The maximum Gasteiger partial charge on any atom is 0.313 e. The Kier molecular flexibility index (Phi) is 12.5. The van der Waals surface area contributed by atoms with Crippen molar-refractivity contribution in [1.82, 2.24) is 15.1 Å². The smallest absolute Gasteiger partial charge is 0.313 e. The number of aliphatic hydroxyl groups excluding tert-OH is 1. The van der Waals surface area contributed by atoms with Gasteiger partial charge in [-0.25, -0.2) is 0 Å². The average molecular weight is 759 g/mol. The first-order valence-corrected chi connectivity index (χ1v) is 18.7. The Bertz CT molecular complexity index is 1430. The molecule has 2 bridgehead atoms. The normalized spacial score (nSPS) is 27.1. The van der Waals surface area contributed by atoms with Gasteiger partial charge in [-0.2, -0.15) is 0 Å². The standard InChI is InChI=1S/C39H56BrN3O7/c1-10-12-18-29(45)41-21-28(25-16-14-13-15-17-25)49-36(48)30-31-34(46)43(27(22-44)24(3)4)33(39(31)20-26(40)32(30)50-39)35(47)42(19-11-2)38(8,9)23-37(5,6)7/h10-11,13-17,24,26-28,30-33,44H,1-2,12,18-23H2,3-9H3,(H,41,45)/t26?,27-,28+,30+,31-,32+,33+,39-/m0/s1. The van der Waals surface area contributed by atoms with Gasteiger partial charge in [0.05, 0.1) is 37.1 Å². The van der Waals surface area contributed by atoms with Crippen molar-refractivity contribution in [3.8, 4) is 0 Å². The summed E-state index contributed by atoms with van der Waals surface area (Å²) in [6.45, 7) is 21.7. The molecular weight excluding hydrogens is 702 g/mol. The molecule has 11 heteroatoms. The highest BCUT2D eigenvalue weighted by Crippen LogP contribution is 2.61. The number of nitrogens with zero attached hydrogens (tertiary/aromatic N) is 2. The van der Waals surface area contributed by atoms with E-state index in [0.29, 0.717) is 24.8 Å². The van der Waals surface area contributed by atoms with Crippen LogP contribution in [-0.2, 0) is 28.7 Å². The van der Waals surface area contributed by atoms with Gasteiger partial charge in [0.1, 0.15) is 17.7 Å². The van der Waals surface area contributed by atoms with Crippen molar-refractivity contribution < 1.29 is 33.8 Å². The molecule has 1 unspecified atom stereocenters. The third-order valence-electron chi connectivity index (χ3n) is 10.3. The van der Waals surface area contributed by atoms with Crippen LogP contribution in [0, 0.1) is 23.2 Å². The van der Waals surface area contributed by atoms with Crippen molar-refractivity contribution in [3.05, 3.63) is 61.2 Å². The lowest BCUT2D eigenvalue weighted by Gasteiger charge is -2.47. The van der Waals surface area contributed by atoms with Gasteiger partial charge in [0.2, 0.25) is 17.7 Å². The van der Waals surface area contributed by atoms with Gasteiger partial charge >= 0.3 is 5.97 Å². The molecule has 3 aliphatic heterocycles. The number of rotatable bonds is 16. The summed E-state index contributed by atoms with van der Waals surface area (Å²) >= 11 is 3.75. The molecule has 0 saturated carbocycles. The van der Waals surface area contributed by atoms with Crippen LogP contribution in [0.2, 0.25) is 0 Å². The fourth-order valence-electron chi connectivity index (χ4n) is 8.54. The quantitative estimate of drug-likeness (QED) is 0.132. The van der Waals surface area contributed by atoms with Crippen LogP contribution >= 0.6 is 15.9 Å². The van der Waals surface area contributed by atoms with E-state index in [0.717, 1.165) is 0 Å². The Morgan fingerprint density at radius 2 is 1.82 bits per heavy atom. The van der Waals surface area contributed by atoms with Crippen LogP contribution in [0.3, 0.4) is 0 Å². The predicted molar refractivity (Wildman–Crippen MR) is 196 cm³/mol. The molecule has 0 radical (unpaired) electrons. The number of allylic oxidation sites excluding steroid dienone is 1. The summed E-state index contributed by atoms with van der Waals surface area (Å²) in [4.78, 5) is 59.8. The second-order valence-corrected chi connectivity index (χ2v) is 17.3. The number of hydrogen-bond acceptors (Lipinski definition) is 7. The van der Waals surface area contributed by atoms with E-state index in [1.165, 1.54) is 4.90 Å². The van der Waals surface area contributed by atoms with Crippen molar-refractivity contribution >= 4 is 39.6 Å². The monoisotopic (exact) mass is 757 g/mol. The first kappa shape index (κ1) is 39.8. The van der Waals surface area contributed by atoms with Gasteiger partial charge in [-0.05, 0) is 50.0 Å². The highest BCUT2D eigenvalue weighted by molar-refractivity contribution is 9.09. The number of esters is 1. The molecule has 0 aliphatic carbocycles. The topological polar surface area (TPSA) is 125 Å². The lowest BCUT2D eigenvalue weighted by atomic mass is 9.70. The lowest BCUT2D eigenvalue weighted by molar-refractivity contribution is -0.162. The minimum absolute atomic E-state index is 0.0397. The molecule has 3 aliphatic rings. The molecule has 3 heterocycles. The maximum absolute atomic E-state index is 15.1. The molecule has 2 N–H and O–H groups in total. The molecule has 8 atom stereocenters. The zero-order valence-electron chi connectivity index (χ0n) is 30.7. The number of aliphatic hydroxyl groups is 1. The largest absolute Gasteiger partial charge is 0.455 e. The molecule has 0 aromatic heterocycles. The number of nitrogens with one attached hydrogen (secondary N) is 1. The fourth-order valence-corrected chi connectivity index (χ4v) is 9.48. The zero-order valence-corrected chi connectivity index (χ0v) is 32.3. The van der Waals surface area contributed by atoms with Crippen molar-refractivity contribution in [2.24, 2.45) is 23.2 Å². The lowest BCUT2D eigenvalue weighted by Crippen LogP contribution is -2.63. The minimum atomic E-state index is -1.34. The van der Waals surface area contributed by atoms with Gasteiger partial charge in [-0.1, -0.05) is 93.0 Å². The van der Waals surface area contributed by atoms with E-state index in [1.54, 1.807) is 17.1 Å². The number of carbonyl (C=O) groups is 4. The number of amides is 3. The molecule has 276 valence electrons. The molecule has 1 aromatic carbocycles. The Labute approximate surface area is 306 Å². The van der Waals surface area contributed by atoms with Gasteiger partial charge < -0.3 is 29.7 Å². The predicted octanol–water partition coefficient (Wildman–Crippen LogP) is 5.35. The van der Waals surface area contributed by atoms with Crippen molar-refractivity contribution in [3.63, 3.8) is 0 Å². The van der Waals surface area contributed by atoms with E-state index >= 15 is 4.79 Å². The molecule has 50 heavy (non-hydrogen) atoms. The maximum atomic E-state index is 15.1. The van der Waals surface area contributed by atoms with Crippen LogP contribution in [0.4, 0.5) is 0 Å². The third kappa shape index (κ3) is 7.89. The summed E-state index contributed by atoms with van der Waals surface area (Å²) in [6.07, 6.45) is 3.56. The van der Waals surface area contributed by atoms with E-state index in [1.807, 2.05) is 58.0 Å². The number of ether oxygens (including phenoxy) is 2. The van der Waals surface area contributed by atoms with Gasteiger partial charge in [-0.15, -0.1) is 13.2 Å². The Morgan fingerprint density at radius 3 is 2.38 bits per heavy atom. The summed E-state index contributed by atoms with van der Waals surface area (Å²) in [5, 5.41) is 13.5. The molecule has 1 aromatic rings. The van der Waals surface area contributed by atoms with Gasteiger partial charge in [-0.3, -0.25) is 19.2 Å². The van der Waals surface area contributed by atoms with Gasteiger partial charge in [0.25, 0.3) is 0 Å². The summed E-state index contributed by atoms with van der Waals surface area (Å²) < 4.78 is 13.0. The summed E-state index contributed by atoms with van der Waals surface area (Å²) in [5.74, 6) is -3.76. The first-order chi connectivity index (χ1) is 23.4. The number of fused-ring (bicyclic) bond motifs is 1. The summed E-state index contributed by atoms with van der Waals surface area (Å²) in [7, 11) is 0. The number of hydrogen-bond donors (Lipinski definition) is 2.